The van der Waals surface area contributed by atoms with Crippen molar-refractivity contribution < 1.29 is 19.5 Å². The van der Waals surface area contributed by atoms with Crippen LogP contribution in [0.25, 0.3) is 0 Å². The van der Waals surface area contributed by atoms with Crippen LogP contribution >= 0.6 is 11.6 Å². The van der Waals surface area contributed by atoms with Crippen LogP contribution in [0.5, 0.6) is 0 Å². The highest BCUT2D eigenvalue weighted by atomic mass is 35.5. The fourth-order valence-electron chi connectivity index (χ4n) is 2.92. The SMILES string of the molecule is O=C(O)CN1C(=O)NC2(CCc3c(Cl)cccc32)C1=O. The molecule has 1 heterocycles. The average molecular weight is 295 g/mol. The molecule has 1 aliphatic carbocycles. The molecular weight excluding hydrogens is 284 g/mol. The largest absolute Gasteiger partial charge is 0.480 e. The van der Waals surface area contributed by atoms with Gasteiger partial charge in [0.05, 0.1) is 0 Å². The van der Waals surface area contributed by atoms with Crippen molar-refractivity contribution in [2.24, 2.45) is 0 Å². The first-order chi connectivity index (χ1) is 9.45. The molecule has 1 spiro atoms. The standard InChI is InChI=1S/C13H11ClN2O4/c14-9-3-1-2-8-7(9)4-5-13(8)11(19)16(6-10(17)18)12(20)15-13/h1-3H,4-6H2,(H,15,20)(H,17,18). The summed E-state index contributed by atoms with van der Waals surface area (Å²) in [6, 6.07) is 4.52. The van der Waals surface area contributed by atoms with Gasteiger partial charge in [0.25, 0.3) is 5.91 Å². The smallest absolute Gasteiger partial charge is 0.325 e. The number of carbonyl (C=O) groups excluding carboxylic acids is 2. The lowest BCUT2D eigenvalue weighted by atomic mass is 9.92. The van der Waals surface area contributed by atoms with Gasteiger partial charge in [-0.15, -0.1) is 0 Å². The summed E-state index contributed by atoms with van der Waals surface area (Å²) in [6.07, 6.45) is 0.967. The molecule has 7 heteroatoms. The Hall–Kier alpha value is -2.08. The van der Waals surface area contributed by atoms with Gasteiger partial charge in [-0.2, -0.15) is 0 Å². The monoisotopic (exact) mass is 294 g/mol. The number of halogens is 1. The third-order valence-corrected chi connectivity index (χ3v) is 4.15. The first kappa shape index (κ1) is 12.9. The highest BCUT2D eigenvalue weighted by Crippen LogP contribution is 2.43. The Labute approximate surface area is 119 Å². The Morgan fingerprint density at radius 1 is 1.45 bits per heavy atom. The third kappa shape index (κ3) is 1.61. The Morgan fingerprint density at radius 2 is 2.20 bits per heavy atom. The van der Waals surface area contributed by atoms with E-state index in [9.17, 15) is 14.4 Å². The molecule has 6 nitrogen and oxygen atoms in total. The van der Waals surface area contributed by atoms with Crippen molar-refractivity contribution in [3.8, 4) is 0 Å². The molecule has 0 saturated carbocycles. The van der Waals surface area contributed by atoms with Crippen molar-refractivity contribution in [1.82, 2.24) is 10.2 Å². The molecule has 0 bridgehead atoms. The molecule has 1 unspecified atom stereocenters. The van der Waals surface area contributed by atoms with Gasteiger partial charge in [-0.1, -0.05) is 23.7 Å². The van der Waals surface area contributed by atoms with E-state index in [4.69, 9.17) is 16.7 Å². The van der Waals surface area contributed by atoms with E-state index in [0.29, 0.717) is 23.4 Å². The molecule has 1 saturated heterocycles. The zero-order valence-corrected chi connectivity index (χ0v) is 11.1. The van der Waals surface area contributed by atoms with Crippen LogP contribution in [0.1, 0.15) is 17.5 Å². The van der Waals surface area contributed by atoms with Gasteiger partial charge in [-0.25, -0.2) is 4.79 Å². The average Bonchev–Trinajstić information content (AvgIpc) is 2.86. The Morgan fingerprint density at radius 3 is 2.90 bits per heavy atom. The summed E-state index contributed by atoms with van der Waals surface area (Å²) in [4.78, 5) is 35.8. The van der Waals surface area contributed by atoms with Crippen LogP contribution in [0.4, 0.5) is 4.79 Å². The number of benzene rings is 1. The van der Waals surface area contributed by atoms with Crippen molar-refractivity contribution in [2.45, 2.75) is 18.4 Å². The minimum Gasteiger partial charge on any atom is -0.480 e. The first-order valence-electron chi connectivity index (χ1n) is 6.09. The molecule has 1 aromatic carbocycles. The maximum atomic E-state index is 12.5. The van der Waals surface area contributed by atoms with E-state index in [-0.39, 0.29) is 0 Å². The van der Waals surface area contributed by atoms with Crippen molar-refractivity contribution in [3.63, 3.8) is 0 Å². The number of amides is 3. The van der Waals surface area contributed by atoms with E-state index in [1.54, 1.807) is 18.2 Å². The highest BCUT2D eigenvalue weighted by Gasteiger charge is 2.55. The van der Waals surface area contributed by atoms with E-state index >= 15 is 0 Å². The van der Waals surface area contributed by atoms with E-state index in [1.807, 2.05) is 0 Å². The molecule has 20 heavy (non-hydrogen) atoms. The van der Waals surface area contributed by atoms with E-state index < -0.39 is 30.0 Å². The Bertz CT molecular complexity index is 645. The van der Waals surface area contributed by atoms with Crippen molar-refractivity contribution in [3.05, 3.63) is 34.3 Å². The topological polar surface area (TPSA) is 86.7 Å². The number of carbonyl (C=O) groups is 3. The van der Waals surface area contributed by atoms with Gasteiger partial charge >= 0.3 is 12.0 Å². The first-order valence-corrected chi connectivity index (χ1v) is 6.47. The molecule has 1 aromatic rings. The van der Waals surface area contributed by atoms with Crippen LogP contribution < -0.4 is 5.32 Å². The maximum absolute atomic E-state index is 12.5. The lowest BCUT2D eigenvalue weighted by molar-refractivity contribution is -0.142. The van der Waals surface area contributed by atoms with Crippen molar-refractivity contribution >= 4 is 29.5 Å². The molecular formula is C13H11ClN2O4. The van der Waals surface area contributed by atoms with Crippen LogP contribution in [0.2, 0.25) is 5.02 Å². The summed E-state index contributed by atoms with van der Waals surface area (Å²) in [6.45, 7) is -0.637. The number of imide groups is 1. The molecule has 0 aromatic heterocycles. The predicted octanol–water partition coefficient (Wildman–Crippen LogP) is 1.12. The van der Waals surface area contributed by atoms with E-state index in [1.165, 1.54) is 0 Å². The number of carboxylic acid groups (broad SMARTS) is 1. The zero-order valence-electron chi connectivity index (χ0n) is 10.4. The molecule has 3 amide bonds. The lowest BCUT2D eigenvalue weighted by Gasteiger charge is -2.22. The van der Waals surface area contributed by atoms with Crippen LogP contribution in [0.3, 0.4) is 0 Å². The zero-order chi connectivity index (χ0) is 14.5. The normalized spacial score (nSPS) is 24.1. The molecule has 3 rings (SSSR count). The van der Waals surface area contributed by atoms with Gasteiger partial charge in [-0.3, -0.25) is 14.5 Å². The number of hydrogen-bond donors (Lipinski definition) is 2. The summed E-state index contributed by atoms with van der Waals surface area (Å²) >= 11 is 6.10. The molecule has 2 aliphatic rings. The van der Waals surface area contributed by atoms with Crippen LogP contribution in [-0.4, -0.2) is 34.5 Å². The fourth-order valence-corrected chi connectivity index (χ4v) is 3.19. The Balaban J connectivity index is 2.05. The van der Waals surface area contributed by atoms with Crippen molar-refractivity contribution in [2.75, 3.05) is 6.54 Å². The number of fused-ring (bicyclic) bond motifs is 2. The molecule has 2 N–H and O–H groups in total. The molecule has 1 fully saturated rings. The van der Waals surface area contributed by atoms with E-state index in [0.717, 1.165) is 10.5 Å². The number of aliphatic carboxylic acids is 1. The molecule has 0 radical (unpaired) electrons. The second kappa shape index (κ2) is 4.21. The van der Waals surface area contributed by atoms with Gasteiger partial charge in [-0.05, 0) is 30.0 Å². The quantitative estimate of drug-likeness (QED) is 0.800. The molecule has 1 aliphatic heterocycles. The second-order valence-electron chi connectivity index (χ2n) is 4.89. The van der Waals surface area contributed by atoms with Crippen molar-refractivity contribution in [1.29, 1.82) is 0 Å². The minimum atomic E-state index is -1.23. The second-order valence-corrected chi connectivity index (χ2v) is 5.29. The minimum absolute atomic E-state index is 0.396. The summed E-state index contributed by atoms with van der Waals surface area (Å²) in [5, 5.41) is 12.0. The van der Waals surface area contributed by atoms with E-state index in [2.05, 4.69) is 5.32 Å². The van der Waals surface area contributed by atoms with Crippen LogP contribution in [0.15, 0.2) is 18.2 Å². The number of rotatable bonds is 2. The van der Waals surface area contributed by atoms with Gasteiger partial charge in [0, 0.05) is 5.02 Å². The van der Waals surface area contributed by atoms with Gasteiger partial charge in [0.15, 0.2) is 0 Å². The lowest BCUT2D eigenvalue weighted by Crippen LogP contribution is -2.42. The number of nitrogens with one attached hydrogen (secondary N) is 1. The fraction of sp³-hybridized carbons (Fsp3) is 0.308. The maximum Gasteiger partial charge on any atom is 0.325 e. The van der Waals surface area contributed by atoms with Gasteiger partial charge in [0.1, 0.15) is 12.1 Å². The molecule has 104 valence electrons. The van der Waals surface area contributed by atoms with Crippen LogP contribution in [0, 0.1) is 0 Å². The summed E-state index contributed by atoms with van der Waals surface area (Å²) in [5.74, 6) is -1.75. The van der Waals surface area contributed by atoms with Gasteiger partial charge < -0.3 is 10.4 Å². The number of urea groups is 1. The summed E-state index contributed by atoms with van der Waals surface area (Å²) < 4.78 is 0. The number of carboxylic acids is 1. The number of nitrogens with zero attached hydrogens (tertiary/aromatic N) is 1. The van der Waals surface area contributed by atoms with Gasteiger partial charge in [0.2, 0.25) is 0 Å². The predicted molar refractivity (Wildman–Crippen MR) is 69.3 cm³/mol. The number of hydrogen-bond acceptors (Lipinski definition) is 3. The third-order valence-electron chi connectivity index (χ3n) is 3.80. The Kier molecular flexibility index (Phi) is 2.72. The highest BCUT2D eigenvalue weighted by molar-refractivity contribution is 6.31. The molecule has 1 atom stereocenters. The van der Waals surface area contributed by atoms with Crippen LogP contribution in [-0.2, 0) is 21.5 Å². The summed E-state index contributed by atoms with van der Waals surface area (Å²) in [7, 11) is 0. The summed E-state index contributed by atoms with van der Waals surface area (Å²) in [5.41, 5.74) is 0.337.